The number of hydrogen-bond donors (Lipinski definition) is 1. The van der Waals surface area contributed by atoms with Crippen molar-refractivity contribution in [2.75, 3.05) is 27.2 Å². The van der Waals surface area contributed by atoms with Crippen LogP contribution in [0.5, 0.6) is 0 Å². The highest BCUT2D eigenvalue weighted by Crippen LogP contribution is 2.21. The number of rotatable bonds is 4. The molecule has 1 N–H and O–H groups in total. The first-order valence-electron chi connectivity index (χ1n) is 5.45. The highest BCUT2D eigenvalue weighted by Gasteiger charge is 2.21. The van der Waals surface area contributed by atoms with Gasteiger partial charge in [-0.05, 0) is 27.8 Å². The number of aryl methyl sites for hydroxylation is 2. The number of carbonyl (C=O) groups is 1. The van der Waals surface area contributed by atoms with Gasteiger partial charge in [-0.25, -0.2) is 0 Å². The van der Waals surface area contributed by atoms with Gasteiger partial charge in [-0.15, -0.1) is 0 Å². The van der Waals surface area contributed by atoms with Gasteiger partial charge in [0.05, 0.1) is 5.56 Å². The zero-order valence-electron chi connectivity index (χ0n) is 10.7. The highest BCUT2D eigenvalue weighted by molar-refractivity contribution is 5.96. The van der Waals surface area contributed by atoms with Crippen LogP contribution in [0.15, 0.2) is 4.42 Å². The van der Waals surface area contributed by atoms with Crippen LogP contribution in [0, 0.1) is 20.8 Å². The Bertz CT molecular complexity index is 383. The molecule has 0 aliphatic rings. The molecule has 1 amide bonds. The molecular weight excluding hydrogens is 204 g/mol. The lowest BCUT2D eigenvalue weighted by atomic mass is 10.1. The van der Waals surface area contributed by atoms with Crippen LogP contribution < -0.4 is 5.32 Å². The molecule has 1 heterocycles. The van der Waals surface area contributed by atoms with E-state index in [0.717, 1.165) is 17.9 Å². The van der Waals surface area contributed by atoms with Gasteiger partial charge in [-0.1, -0.05) is 0 Å². The summed E-state index contributed by atoms with van der Waals surface area (Å²) >= 11 is 0. The summed E-state index contributed by atoms with van der Waals surface area (Å²) in [6.45, 7) is 7.12. The van der Waals surface area contributed by atoms with Crippen LogP contribution >= 0.6 is 0 Å². The van der Waals surface area contributed by atoms with Crippen molar-refractivity contribution in [3.05, 3.63) is 22.6 Å². The summed E-state index contributed by atoms with van der Waals surface area (Å²) in [5.41, 5.74) is 1.65. The fourth-order valence-corrected chi connectivity index (χ4v) is 1.68. The zero-order valence-corrected chi connectivity index (χ0v) is 10.7. The van der Waals surface area contributed by atoms with E-state index in [-0.39, 0.29) is 5.91 Å². The van der Waals surface area contributed by atoms with Crippen molar-refractivity contribution >= 4 is 5.91 Å². The second-order valence-electron chi connectivity index (χ2n) is 4.04. The molecule has 16 heavy (non-hydrogen) atoms. The van der Waals surface area contributed by atoms with Gasteiger partial charge in [0.1, 0.15) is 11.5 Å². The van der Waals surface area contributed by atoms with Gasteiger partial charge >= 0.3 is 0 Å². The number of furan rings is 1. The largest absolute Gasteiger partial charge is 0.466 e. The summed E-state index contributed by atoms with van der Waals surface area (Å²) in [6.07, 6.45) is 0. The lowest BCUT2D eigenvalue weighted by Gasteiger charge is -2.16. The molecule has 4 nitrogen and oxygen atoms in total. The summed E-state index contributed by atoms with van der Waals surface area (Å²) in [4.78, 5) is 13.9. The molecule has 0 saturated carbocycles. The Hall–Kier alpha value is -1.29. The summed E-state index contributed by atoms with van der Waals surface area (Å²) in [5, 5.41) is 3.02. The van der Waals surface area contributed by atoms with E-state index < -0.39 is 0 Å². The fraction of sp³-hybridized carbons (Fsp3) is 0.583. The summed E-state index contributed by atoms with van der Waals surface area (Å²) in [5.74, 6) is 1.56. The summed E-state index contributed by atoms with van der Waals surface area (Å²) in [6, 6.07) is 0. The van der Waals surface area contributed by atoms with Crippen molar-refractivity contribution in [1.29, 1.82) is 0 Å². The van der Waals surface area contributed by atoms with Crippen LogP contribution in [0.4, 0.5) is 0 Å². The summed E-state index contributed by atoms with van der Waals surface area (Å²) < 4.78 is 5.46. The van der Waals surface area contributed by atoms with E-state index in [1.54, 1.807) is 11.9 Å². The maximum Gasteiger partial charge on any atom is 0.257 e. The molecule has 0 aromatic carbocycles. The quantitative estimate of drug-likeness (QED) is 0.843. The van der Waals surface area contributed by atoms with Crippen LogP contribution in [-0.2, 0) is 0 Å². The number of amides is 1. The molecule has 1 rings (SSSR count). The minimum Gasteiger partial charge on any atom is -0.466 e. The molecule has 90 valence electrons. The Kier molecular flexibility index (Phi) is 4.12. The molecule has 0 fully saturated rings. The third-order valence-corrected chi connectivity index (χ3v) is 2.82. The van der Waals surface area contributed by atoms with Crippen LogP contribution in [0.3, 0.4) is 0 Å². The topological polar surface area (TPSA) is 45.5 Å². The number of nitrogens with zero attached hydrogens (tertiary/aromatic N) is 1. The molecule has 0 saturated heterocycles. The van der Waals surface area contributed by atoms with Gasteiger partial charge in [0.15, 0.2) is 0 Å². The van der Waals surface area contributed by atoms with E-state index in [9.17, 15) is 4.79 Å². The fourth-order valence-electron chi connectivity index (χ4n) is 1.68. The monoisotopic (exact) mass is 224 g/mol. The molecule has 0 bridgehead atoms. The van der Waals surface area contributed by atoms with E-state index in [1.807, 2.05) is 27.8 Å². The van der Waals surface area contributed by atoms with Gasteiger partial charge in [0.2, 0.25) is 0 Å². The second kappa shape index (κ2) is 5.16. The van der Waals surface area contributed by atoms with E-state index >= 15 is 0 Å². The lowest BCUT2D eigenvalue weighted by molar-refractivity contribution is 0.0794. The maximum absolute atomic E-state index is 12.1. The maximum atomic E-state index is 12.1. The molecule has 0 unspecified atom stereocenters. The van der Waals surface area contributed by atoms with Gasteiger partial charge in [0, 0.05) is 25.7 Å². The molecule has 0 aliphatic carbocycles. The lowest BCUT2D eigenvalue weighted by Crippen LogP contribution is -2.33. The van der Waals surface area contributed by atoms with Gasteiger partial charge in [-0.3, -0.25) is 4.79 Å². The van der Waals surface area contributed by atoms with E-state index in [2.05, 4.69) is 5.32 Å². The van der Waals surface area contributed by atoms with Gasteiger partial charge in [-0.2, -0.15) is 0 Å². The first-order chi connectivity index (χ1) is 7.49. The molecule has 4 heteroatoms. The molecule has 0 radical (unpaired) electrons. The predicted molar refractivity (Wildman–Crippen MR) is 63.8 cm³/mol. The van der Waals surface area contributed by atoms with Crippen molar-refractivity contribution in [3.8, 4) is 0 Å². The highest BCUT2D eigenvalue weighted by atomic mass is 16.3. The van der Waals surface area contributed by atoms with Crippen molar-refractivity contribution < 1.29 is 9.21 Å². The Morgan fingerprint density at radius 2 is 1.94 bits per heavy atom. The average Bonchev–Trinajstić information content (AvgIpc) is 2.49. The average molecular weight is 224 g/mol. The van der Waals surface area contributed by atoms with Crippen LogP contribution in [0.2, 0.25) is 0 Å². The second-order valence-corrected chi connectivity index (χ2v) is 4.04. The Labute approximate surface area is 96.6 Å². The van der Waals surface area contributed by atoms with Gasteiger partial charge < -0.3 is 14.6 Å². The molecular formula is C12H20N2O2. The normalized spacial score (nSPS) is 10.6. The third kappa shape index (κ3) is 2.44. The standard InChI is InChI=1S/C12H20N2O2/c1-8-9(2)16-10(3)11(8)12(15)14(5)7-6-13-4/h13H,6-7H2,1-5H3. The number of likely N-dealkylation sites (N-methyl/N-ethyl adjacent to an activating group) is 2. The van der Waals surface area contributed by atoms with Crippen LogP contribution in [0.1, 0.15) is 27.4 Å². The minimum absolute atomic E-state index is 0.0297. The van der Waals surface area contributed by atoms with Crippen LogP contribution in [-0.4, -0.2) is 38.0 Å². The Morgan fingerprint density at radius 3 is 2.38 bits per heavy atom. The molecule has 0 aliphatic heterocycles. The molecule has 1 aromatic heterocycles. The van der Waals surface area contributed by atoms with Crippen molar-refractivity contribution in [2.24, 2.45) is 0 Å². The molecule has 1 aromatic rings. The van der Waals surface area contributed by atoms with Crippen molar-refractivity contribution in [1.82, 2.24) is 10.2 Å². The zero-order chi connectivity index (χ0) is 12.3. The Balaban J connectivity index is 2.87. The molecule has 0 atom stereocenters. The predicted octanol–water partition coefficient (Wildman–Crippen LogP) is 1.50. The number of nitrogens with one attached hydrogen (secondary N) is 1. The molecule has 0 spiro atoms. The minimum atomic E-state index is 0.0297. The first-order valence-corrected chi connectivity index (χ1v) is 5.45. The van der Waals surface area contributed by atoms with Crippen molar-refractivity contribution in [2.45, 2.75) is 20.8 Å². The first kappa shape index (κ1) is 12.8. The number of carbonyl (C=O) groups excluding carboxylic acids is 1. The SMILES string of the molecule is CNCCN(C)C(=O)c1c(C)oc(C)c1C. The Morgan fingerprint density at radius 1 is 1.31 bits per heavy atom. The van der Waals surface area contributed by atoms with E-state index in [0.29, 0.717) is 17.9 Å². The van der Waals surface area contributed by atoms with E-state index in [1.165, 1.54) is 0 Å². The van der Waals surface area contributed by atoms with Crippen molar-refractivity contribution in [3.63, 3.8) is 0 Å². The number of hydrogen-bond acceptors (Lipinski definition) is 3. The van der Waals surface area contributed by atoms with E-state index in [4.69, 9.17) is 4.42 Å². The smallest absolute Gasteiger partial charge is 0.257 e. The van der Waals surface area contributed by atoms with Crippen LogP contribution in [0.25, 0.3) is 0 Å². The summed E-state index contributed by atoms with van der Waals surface area (Å²) in [7, 11) is 3.68. The third-order valence-electron chi connectivity index (χ3n) is 2.82. The van der Waals surface area contributed by atoms with Gasteiger partial charge in [0.25, 0.3) is 5.91 Å².